The van der Waals surface area contributed by atoms with Crippen LogP contribution in [0, 0.1) is 17.3 Å². The van der Waals surface area contributed by atoms with Crippen LogP contribution in [0.25, 0.3) is 0 Å². The third kappa shape index (κ3) is 1.26. The second-order valence-corrected chi connectivity index (χ2v) is 4.99. The molecule has 76 valence electrons. The van der Waals surface area contributed by atoms with Crippen molar-refractivity contribution < 1.29 is 4.79 Å². The van der Waals surface area contributed by atoms with Gasteiger partial charge in [-0.3, -0.25) is 4.79 Å². The summed E-state index contributed by atoms with van der Waals surface area (Å²) in [5.41, 5.74) is 1.49. The van der Waals surface area contributed by atoms with Crippen molar-refractivity contribution >= 4 is 5.78 Å². The standard InChI is InChI=1S/C13H18O/c1-9-4-5-11-8-12(14)6-7-13(11,3)10(9)2/h6-10H,4-5H2,1-3H3/t9?,10?,13-/m1/s1. The lowest BCUT2D eigenvalue weighted by Gasteiger charge is -2.44. The summed E-state index contributed by atoms with van der Waals surface area (Å²) in [7, 11) is 0. The van der Waals surface area contributed by atoms with E-state index in [0.717, 1.165) is 12.3 Å². The quantitative estimate of drug-likeness (QED) is 0.573. The van der Waals surface area contributed by atoms with Gasteiger partial charge in [0.25, 0.3) is 0 Å². The minimum atomic E-state index is 0.144. The number of fused-ring (bicyclic) bond motifs is 1. The van der Waals surface area contributed by atoms with E-state index in [1.807, 2.05) is 6.08 Å². The molecule has 0 amide bonds. The third-order valence-electron chi connectivity index (χ3n) is 4.27. The largest absolute Gasteiger partial charge is 0.290 e. The number of hydrogen-bond donors (Lipinski definition) is 0. The Labute approximate surface area is 85.9 Å². The number of ketones is 1. The molecule has 2 unspecified atom stereocenters. The Kier molecular flexibility index (Phi) is 2.13. The molecule has 0 radical (unpaired) electrons. The predicted octanol–water partition coefficient (Wildman–Crippen LogP) is 3.12. The van der Waals surface area contributed by atoms with Gasteiger partial charge in [0.15, 0.2) is 5.78 Å². The molecule has 1 saturated carbocycles. The molecular formula is C13H18O. The summed E-state index contributed by atoms with van der Waals surface area (Å²) in [5.74, 6) is 1.57. The summed E-state index contributed by atoms with van der Waals surface area (Å²) >= 11 is 0. The van der Waals surface area contributed by atoms with Crippen molar-refractivity contribution in [3.63, 3.8) is 0 Å². The summed E-state index contributed by atoms with van der Waals surface area (Å²) < 4.78 is 0. The van der Waals surface area contributed by atoms with Crippen LogP contribution in [-0.4, -0.2) is 5.78 Å². The van der Waals surface area contributed by atoms with Crippen LogP contribution >= 0.6 is 0 Å². The monoisotopic (exact) mass is 190 g/mol. The summed E-state index contributed by atoms with van der Waals surface area (Å²) in [5, 5.41) is 0. The zero-order valence-corrected chi connectivity index (χ0v) is 9.21. The Hall–Kier alpha value is -0.850. The van der Waals surface area contributed by atoms with Gasteiger partial charge in [-0.15, -0.1) is 0 Å². The maximum atomic E-state index is 11.3. The molecule has 0 aromatic carbocycles. The molecular weight excluding hydrogens is 172 g/mol. The minimum absolute atomic E-state index is 0.144. The van der Waals surface area contributed by atoms with Crippen LogP contribution in [0.1, 0.15) is 33.6 Å². The van der Waals surface area contributed by atoms with Crippen molar-refractivity contribution in [3.8, 4) is 0 Å². The Balaban J connectivity index is 2.39. The molecule has 0 aromatic rings. The van der Waals surface area contributed by atoms with Gasteiger partial charge in [0.05, 0.1) is 0 Å². The zero-order chi connectivity index (χ0) is 10.3. The van der Waals surface area contributed by atoms with Crippen LogP contribution in [0.15, 0.2) is 23.8 Å². The lowest BCUT2D eigenvalue weighted by atomic mass is 9.60. The van der Waals surface area contributed by atoms with Crippen LogP contribution < -0.4 is 0 Å². The van der Waals surface area contributed by atoms with Gasteiger partial charge in [-0.1, -0.05) is 32.4 Å². The van der Waals surface area contributed by atoms with E-state index < -0.39 is 0 Å². The summed E-state index contributed by atoms with van der Waals surface area (Å²) in [6.45, 7) is 6.89. The molecule has 0 aromatic heterocycles. The van der Waals surface area contributed by atoms with Crippen molar-refractivity contribution in [1.29, 1.82) is 0 Å². The summed E-state index contributed by atoms with van der Waals surface area (Å²) in [6, 6.07) is 0. The average Bonchev–Trinajstić information content (AvgIpc) is 2.16. The number of carbonyl (C=O) groups excluding carboxylic acids is 1. The van der Waals surface area contributed by atoms with Crippen LogP contribution in [0.4, 0.5) is 0 Å². The molecule has 2 rings (SSSR count). The van der Waals surface area contributed by atoms with Crippen LogP contribution in [0.5, 0.6) is 0 Å². The molecule has 0 spiro atoms. The summed E-state index contributed by atoms with van der Waals surface area (Å²) in [6.07, 6.45) is 8.02. The average molecular weight is 190 g/mol. The van der Waals surface area contributed by atoms with Crippen LogP contribution in [-0.2, 0) is 4.79 Å². The molecule has 2 aliphatic carbocycles. The number of allylic oxidation sites excluding steroid dienone is 4. The van der Waals surface area contributed by atoms with Crippen LogP contribution in [0.3, 0.4) is 0 Å². The molecule has 0 bridgehead atoms. The van der Waals surface area contributed by atoms with Crippen molar-refractivity contribution in [3.05, 3.63) is 23.8 Å². The predicted molar refractivity (Wildman–Crippen MR) is 57.9 cm³/mol. The van der Waals surface area contributed by atoms with Crippen molar-refractivity contribution in [2.45, 2.75) is 33.6 Å². The van der Waals surface area contributed by atoms with E-state index in [1.54, 1.807) is 6.08 Å². The first-order valence-electron chi connectivity index (χ1n) is 5.48. The van der Waals surface area contributed by atoms with Gasteiger partial charge in [-0.25, -0.2) is 0 Å². The van der Waals surface area contributed by atoms with E-state index in [1.165, 1.54) is 12.0 Å². The first kappa shape index (κ1) is 9.70. The second kappa shape index (κ2) is 3.08. The highest BCUT2D eigenvalue weighted by Gasteiger charge is 2.40. The summed E-state index contributed by atoms with van der Waals surface area (Å²) in [4.78, 5) is 11.3. The fraction of sp³-hybridized carbons (Fsp3) is 0.615. The van der Waals surface area contributed by atoms with E-state index in [9.17, 15) is 4.79 Å². The smallest absolute Gasteiger partial charge is 0.178 e. The van der Waals surface area contributed by atoms with E-state index in [-0.39, 0.29) is 11.2 Å². The van der Waals surface area contributed by atoms with Gasteiger partial charge in [0.1, 0.15) is 0 Å². The maximum absolute atomic E-state index is 11.3. The van der Waals surface area contributed by atoms with Crippen molar-refractivity contribution in [2.24, 2.45) is 17.3 Å². The van der Waals surface area contributed by atoms with Gasteiger partial charge in [-0.05, 0) is 36.8 Å². The fourth-order valence-corrected chi connectivity index (χ4v) is 2.75. The maximum Gasteiger partial charge on any atom is 0.178 e. The van der Waals surface area contributed by atoms with Gasteiger partial charge in [0, 0.05) is 5.41 Å². The lowest BCUT2D eigenvalue weighted by molar-refractivity contribution is -0.110. The van der Waals surface area contributed by atoms with E-state index >= 15 is 0 Å². The fourth-order valence-electron chi connectivity index (χ4n) is 2.75. The van der Waals surface area contributed by atoms with Gasteiger partial charge < -0.3 is 0 Å². The number of carbonyl (C=O) groups is 1. The SMILES string of the molecule is CC1CCC2=CC(=O)C=C[C@]2(C)C1C. The van der Waals surface area contributed by atoms with E-state index in [4.69, 9.17) is 0 Å². The molecule has 0 heterocycles. The van der Waals surface area contributed by atoms with Crippen molar-refractivity contribution in [2.75, 3.05) is 0 Å². The number of rotatable bonds is 0. The highest BCUT2D eigenvalue weighted by Crippen LogP contribution is 2.49. The highest BCUT2D eigenvalue weighted by molar-refractivity contribution is 6.01. The van der Waals surface area contributed by atoms with E-state index in [2.05, 4.69) is 26.8 Å². The molecule has 0 saturated heterocycles. The minimum Gasteiger partial charge on any atom is -0.290 e. The molecule has 2 aliphatic rings. The molecule has 3 atom stereocenters. The molecule has 0 N–H and O–H groups in total. The highest BCUT2D eigenvalue weighted by atomic mass is 16.1. The van der Waals surface area contributed by atoms with Gasteiger partial charge >= 0.3 is 0 Å². The van der Waals surface area contributed by atoms with Gasteiger partial charge in [0.2, 0.25) is 0 Å². The van der Waals surface area contributed by atoms with Gasteiger partial charge in [-0.2, -0.15) is 0 Å². The number of hydrogen-bond acceptors (Lipinski definition) is 1. The third-order valence-corrected chi connectivity index (χ3v) is 4.27. The topological polar surface area (TPSA) is 17.1 Å². The second-order valence-electron chi connectivity index (χ2n) is 4.99. The molecule has 1 nitrogen and oxygen atoms in total. The first-order valence-corrected chi connectivity index (χ1v) is 5.48. The Morgan fingerprint density at radius 2 is 2.14 bits per heavy atom. The lowest BCUT2D eigenvalue weighted by Crippen LogP contribution is -2.36. The first-order chi connectivity index (χ1) is 6.54. The van der Waals surface area contributed by atoms with E-state index in [0.29, 0.717) is 5.92 Å². The van der Waals surface area contributed by atoms with Crippen LogP contribution in [0.2, 0.25) is 0 Å². The Morgan fingerprint density at radius 1 is 1.43 bits per heavy atom. The zero-order valence-electron chi connectivity index (χ0n) is 9.21. The molecule has 1 heteroatoms. The Bertz CT molecular complexity index is 324. The molecule has 0 aliphatic heterocycles. The normalized spacial score (nSPS) is 41.9. The molecule has 1 fully saturated rings. The van der Waals surface area contributed by atoms with Crippen molar-refractivity contribution in [1.82, 2.24) is 0 Å². The Morgan fingerprint density at radius 3 is 2.86 bits per heavy atom. The molecule has 14 heavy (non-hydrogen) atoms.